The second-order valence-corrected chi connectivity index (χ2v) is 14.3. The summed E-state index contributed by atoms with van der Waals surface area (Å²) < 4.78 is 5.07. The molecule has 4 aliphatic carbocycles. The highest BCUT2D eigenvalue weighted by Gasteiger charge is 2.35. The molecule has 3 nitrogen and oxygen atoms in total. The summed E-state index contributed by atoms with van der Waals surface area (Å²) in [6.45, 7) is 0. The summed E-state index contributed by atoms with van der Waals surface area (Å²) in [7, 11) is 0. The van der Waals surface area contributed by atoms with Gasteiger partial charge >= 0.3 is 0 Å². The number of benzene rings is 4. The molecule has 6 aromatic rings. The molecule has 0 saturated carbocycles. The Balaban J connectivity index is 1.51. The Bertz CT molecular complexity index is 2320. The molecule has 2 aromatic heterocycles. The number of rotatable bonds is 5. The first-order valence-corrected chi connectivity index (χ1v) is 18.8. The van der Waals surface area contributed by atoms with Crippen molar-refractivity contribution in [1.82, 2.24) is 9.13 Å². The van der Waals surface area contributed by atoms with Crippen LogP contribution >= 0.6 is 0 Å². The molecule has 250 valence electrons. The van der Waals surface area contributed by atoms with Crippen LogP contribution in [0.1, 0.15) is 76.3 Å². The highest BCUT2D eigenvalue weighted by molar-refractivity contribution is 6.03. The van der Waals surface area contributed by atoms with Crippen LogP contribution in [-0.2, 0) is 25.7 Å². The number of hydrogen-bond acceptors (Lipinski definition) is 1. The van der Waals surface area contributed by atoms with Gasteiger partial charge in [-0.15, -0.1) is 0 Å². The van der Waals surface area contributed by atoms with Crippen molar-refractivity contribution in [1.29, 1.82) is 5.26 Å². The van der Waals surface area contributed by atoms with Gasteiger partial charge in [0.15, 0.2) is 0 Å². The highest BCUT2D eigenvalue weighted by Crippen LogP contribution is 2.52. The number of fused-ring (bicyclic) bond motifs is 6. The van der Waals surface area contributed by atoms with Crippen LogP contribution in [0.5, 0.6) is 0 Å². The van der Waals surface area contributed by atoms with Gasteiger partial charge in [-0.1, -0.05) is 115 Å². The Morgan fingerprint density at radius 2 is 0.712 bits per heavy atom. The maximum atomic E-state index is 11.7. The van der Waals surface area contributed by atoms with Gasteiger partial charge in [0, 0.05) is 39.5 Å². The van der Waals surface area contributed by atoms with E-state index in [2.05, 4.69) is 155 Å². The SMILES string of the molecule is N#Cc1c(-c2ccccc2)c(-n2c3c(c4c2C=CCC4)CCC=C3)c(-c2ccccc2)c(-n2c3c(c4c2C=CCC4)CCC=C3)c1-c1ccccc1. The lowest BCUT2D eigenvalue weighted by molar-refractivity contribution is 0.922. The molecule has 0 saturated heterocycles. The Labute approximate surface area is 305 Å². The molecule has 0 fully saturated rings. The van der Waals surface area contributed by atoms with Gasteiger partial charge in [0.2, 0.25) is 0 Å². The molecule has 10 rings (SSSR count). The maximum Gasteiger partial charge on any atom is 0.101 e. The van der Waals surface area contributed by atoms with Crippen molar-refractivity contribution in [3.8, 4) is 50.8 Å². The molecule has 0 atom stereocenters. The molecule has 2 heterocycles. The Hall–Kier alpha value is -6.11. The van der Waals surface area contributed by atoms with Crippen molar-refractivity contribution < 1.29 is 0 Å². The summed E-state index contributed by atoms with van der Waals surface area (Å²) >= 11 is 0. The number of allylic oxidation sites excluding steroid dienone is 4. The second kappa shape index (κ2) is 12.6. The fourth-order valence-electron chi connectivity index (χ4n) is 9.34. The van der Waals surface area contributed by atoms with E-state index in [1.807, 2.05) is 0 Å². The Kier molecular flexibility index (Phi) is 7.43. The van der Waals surface area contributed by atoms with Crippen molar-refractivity contribution in [3.63, 3.8) is 0 Å². The van der Waals surface area contributed by atoms with E-state index < -0.39 is 0 Å². The third-order valence-corrected chi connectivity index (χ3v) is 11.5. The maximum absolute atomic E-state index is 11.7. The summed E-state index contributed by atoms with van der Waals surface area (Å²) in [5, 5.41) is 11.7. The van der Waals surface area contributed by atoms with Crippen molar-refractivity contribution in [2.45, 2.75) is 51.4 Å². The number of nitriles is 1. The molecular weight excluding hydrogens is 631 g/mol. The Morgan fingerprint density at radius 3 is 1.02 bits per heavy atom. The van der Waals surface area contributed by atoms with Crippen molar-refractivity contribution in [2.75, 3.05) is 0 Å². The number of nitrogens with zero attached hydrogens (tertiary/aromatic N) is 3. The van der Waals surface area contributed by atoms with Crippen LogP contribution < -0.4 is 0 Å². The fraction of sp³-hybridized carbons (Fsp3) is 0.163. The predicted octanol–water partition coefficient (Wildman–Crippen LogP) is 12.0. The predicted molar refractivity (Wildman–Crippen MR) is 216 cm³/mol. The lowest BCUT2D eigenvalue weighted by Gasteiger charge is -2.30. The highest BCUT2D eigenvalue weighted by atomic mass is 15.1. The minimum absolute atomic E-state index is 0.702. The van der Waals surface area contributed by atoms with Crippen molar-refractivity contribution in [3.05, 3.63) is 166 Å². The standard InChI is InChI=1S/C49H39N3/c50-32-40-45(33-18-4-1-5-19-33)48(51-41-28-14-10-24-36(41)37-25-11-15-29-42(37)51)47(35-22-8-3-9-23-35)49(46(40)34-20-6-2-7-21-34)52-43-30-16-12-26-38(43)39-27-13-17-31-44(39)52/h1-9,14-23,28-31H,10-13,24-27H2. The molecule has 3 heteroatoms. The van der Waals surface area contributed by atoms with Gasteiger partial charge in [0.1, 0.15) is 6.07 Å². The van der Waals surface area contributed by atoms with Gasteiger partial charge in [-0.25, -0.2) is 0 Å². The molecule has 0 amide bonds. The molecule has 0 aliphatic heterocycles. The molecule has 4 aliphatic rings. The summed E-state index contributed by atoms with van der Waals surface area (Å²) in [5.74, 6) is 0. The first-order valence-electron chi connectivity index (χ1n) is 18.8. The average Bonchev–Trinajstić information content (AvgIpc) is 3.73. The molecule has 52 heavy (non-hydrogen) atoms. The zero-order valence-electron chi connectivity index (χ0n) is 29.3. The molecule has 0 spiro atoms. The van der Waals surface area contributed by atoms with Crippen LogP contribution in [0.4, 0.5) is 0 Å². The van der Waals surface area contributed by atoms with E-state index in [-0.39, 0.29) is 0 Å². The van der Waals surface area contributed by atoms with E-state index in [1.54, 1.807) is 0 Å². The third-order valence-electron chi connectivity index (χ3n) is 11.5. The monoisotopic (exact) mass is 669 g/mol. The van der Waals surface area contributed by atoms with E-state index in [0.717, 1.165) is 96.1 Å². The molecule has 0 radical (unpaired) electrons. The largest absolute Gasteiger partial charge is 0.309 e. The minimum atomic E-state index is 0.702. The lowest BCUT2D eigenvalue weighted by atomic mass is 9.83. The lowest BCUT2D eigenvalue weighted by Crippen LogP contribution is -2.14. The Morgan fingerprint density at radius 1 is 0.404 bits per heavy atom. The topological polar surface area (TPSA) is 33.6 Å². The minimum Gasteiger partial charge on any atom is -0.309 e. The van der Waals surface area contributed by atoms with E-state index in [9.17, 15) is 5.26 Å². The first-order chi connectivity index (χ1) is 25.8. The van der Waals surface area contributed by atoms with Crippen LogP contribution in [0.25, 0.3) is 69.1 Å². The van der Waals surface area contributed by atoms with Gasteiger partial charge in [0.25, 0.3) is 0 Å². The molecule has 0 unspecified atom stereocenters. The number of aromatic nitrogens is 2. The number of hydrogen-bond donors (Lipinski definition) is 0. The quantitative estimate of drug-likeness (QED) is 0.180. The molecular formula is C49H39N3. The fourth-order valence-corrected chi connectivity index (χ4v) is 9.34. The van der Waals surface area contributed by atoms with Crippen LogP contribution in [0.2, 0.25) is 0 Å². The first kappa shape index (κ1) is 30.7. The normalized spacial score (nSPS) is 15.1. The molecule has 4 aromatic carbocycles. The summed E-state index contributed by atoms with van der Waals surface area (Å²) in [5.41, 5.74) is 20.0. The van der Waals surface area contributed by atoms with E-state index in [4.69, 9.17) is 0 Å². The van der Waals surface area contributed by atoms with Crippen LogP contribution in [0.3, 0.4) is 0 Å². The average molecular weight is 670 g/mol. The third kappa shape index (κ3) is 4.64. The zero-order chi connectivity index (χ0) is 34.6. The molecule has 0 bridgehead atoms. The molecule has 0 N–H and O–H groups in total. The summed E-state index contributed by atoms with van der Waals surface area (Å²) in [6.07, 6.45) is 27.0. The van der Waals surface area contributed by atoms with Gasteiger partial charge < -0.3 is 9.13 Å². The van der Waals surface area contributed by atoms with E-state index in [0.29, 0.717) is 5.56 Å². The van der Waals surface area contributed by atoms with Crippen LogP contribution in [0, 0.1) is 11.3 Å². The smallest absolute Gasteiger partial charge is 0.101 e. The van der Waals surface area contributed by atoms with E-state index in [1.165, 1.54) is 45.0 Å². The second-order valence-electron chi connectivity index (χ2n) is 14.3. The van der Waals surface area contributed by atoms with Crippen LogP contribution in [-0.4, -0.2) is 9.13 Å². The summed E-state index contributed by atoms with van der Waals surface area (Å²) in [6, 6.07) is 35.1. The van der Waals surface area contributed by atoms with Gasteiger partial charge in [0.05, 0.1) is 16.9 Å². The van der Waals surface area contributed by atoms with Crippen LogP contribution in [0.15, 0.2) is 115 Å². The van der Waals surface area contributed by atoms with E-state index >= 15 is 0 Å². The summed E-state index contributed by atoms with van der Waals surface area (Å²) in [4.78, 5) is 0. The van der Waals surface area contributed by atoms with Crippen molar-refractivity contribution >= 4 is 24.3 Å². The van der Waals surface area contributed by atoms with Gasteiger partial charge in [-0.2, -0.15) is 5.26 Å². The van der Waals surface area contributed by atoms with Gasteiger partial charge in [-0.3, -0.25) is 0 Å². The zero-order valence-corrected chi connectivity index (χ0v) is 29.3. The van der Waals surface area contributed by atoms with Crippen molar-refractivity contribution in [2.24, 2.45) is 0 Å². The van der Waals surface area contributed by atoms with Gasteiger partial charge in [-0.05, 0) is 115 Å².